The molecule has 0 aliphatic carbocycles. The molecule has 0 aliphatic rings. The predicted octanol–water partition coefficient (Wildman–Crippen LogP) is 3.87. The molecule has 1 radical (unpaired) electrons. The van der Waals surface area contributed by atoms with Gasteiger partial charge in [0.1, 0.15) is 5.82 Å². The molecule has 0 amide bonds. The first kappa shape index (κ1) is 10.2. The molecule has 0 fully saturated rings. The Labute approximate surface area is 93.3 Å². The maximum atomic E-state index is 12.9. The van der Waals surface area contributed by atoms with Crippen LogP contribution < -0.4 is 0 Å². The molecular formula is C13H9ClF. The minimum absolute atomic E-state index is 0.224. The van der Waals surface area contributed by atoms with Gasteiger partial charge in [0.25, 0.3) is 0 Å². The Morgan fingerprint density at radius 1 is 1.13 bits per heavy atom. The topological polar surface area (TPSA) is 0 Å². The summed E-state index contributed by atoms with van der Waals surface area (Å²) in [4.78, 5) is 0. The van der Waals surface area contributed by atoms with Crippen LogP contribution in [0.15, 0.2) is 42.5 Å². The van der Waals surface area contributed by atoms with Crippen LogP contribution in [-0.2, 0) is 6.42 Å². The van der Waals surface area contributed by atoms with Gasteiger partial charge in [-0.1, -0.05) is 29.8 Å². The van der Waals surface area contributed by atoms with Crippen molar-refractivity contribution in [2.24, 2.45) is 0 Å². The van der Waals surface area contributed by atoms with Crippen LogP contribution in [-0.4, -0.2) is 0 Å². The van der Waals surface area contributed by atoms with Crippen molar-refractivity contribution in [3.8, 4) is 0 Å². The van der Waals surface area contributed by atoms with E-state index in [1.807, 2.05) is 24.3 Å². The maximum absolute atomic E-state index is 12.9. The Kier molecular flexibility index (Phi) is 3.02. The van der Waals surface area contributed by atoms with E-state index in [1.165, 1.54) is 12.1 Å². The monoisotopic (exact) mass is 219 g/mol. The largest absolute Gasteiger partial charge is 0.207 e. The highest BCUT2D eigenvalue weighted by molar-refractivity contribution is 6.30. The molecule has 0 N–H and O–H groups in total. The van der Waals surface area contributed by atoms with Crippen molar-refractivity contribution >= 4 is 11.6 Å². The smallest absolute Gasteiger partial charge is 0.123 e. The molecular weight excluding hydrogens is 211 g/mol. The average Bonchev–Trinajstić information content (AvgIpc) is 2.22. The van der Waals surface area contributed by atoms with Crippen LogP contribution >= 0.6 is 11.6 Å². The first-order valence-corrected chi connectivity index (χ1v) is 5.02. The van der Waals surface area contributed by atoms with E-state index in [9.17, 15) is 4.39 Å². The second-order valence-electron chi connectivity index (χ2n) is 3.34. The predicted molar refractivity (Wildman–Crippen MR) is 59.5 cm³/mol. The molecule has 2 rings (SSSR count). The maximum Gasteiger partial charge on any atom is 0.123 e. The van der Waals surface area contributed by atoms with Crippen LogP contribution in [0.25, 0.3) is 0 Å². The lowest BCUT2D eigenvalue weighted by molar-refractivity contribution is 0.626. The molecule has 0 saturated heterocycles. The first-order valence-electron chi connectivity index (χ1n) is 4.64. The molecule has 0 atom stereocenters. The molecule has 2 aromatic rings. The van der Waals surface area contributed by atoms with Crippen LogP contribution in [0.5, 0.6) is 0 Å². The molecule has 0 unspecified atom stereocenters. The molecule has 0 bridgehead atoms. The summed E-state index contributed by atoms with van der Waals surface area (Å²) in [5.41, 5.74) is 1.94. The molecule has 2 aromatic carbocycles. The van der Waals surface area contributed by atoms with E-state index in [-0.39, 0.29) is 5.82 Å². The fourth-order valence-corrected chi connectivity index (χ4v) is 1.53. The van der Waals surface area contributed by atoms with Crippen LogP contribution in [0.3, 0.4) is 0 Å². The van der Waals surface area contributed by atoms with Gasteiger partial charge in [0, 0.05) is 5.02 Å². The summed E-state index contributed by atoms with van der Waals surface area (Å²) in [6.07, 6.45) is 0.676. The van der Waals surface area contributed by atoms with Gasteiger partial charge >= 0.3 is 0 Å². The van der Waals surface area contributed by atoms with Gasteiger partial charge in [-0.05, 0) is 47.9 Å². The highest BCUT2D eigenvalue weighted by atomic mass is 35.5. The lowest BCUT2D eigenvalue weighted by Crippen LogP contribution is -1.88. The van der Waals surface area contributed by atoms with E-state index in [0.29, 0.717) is 11.4 Å². The van der Waals surface area contributed by atoms with E-state index in [4.69, 9.17) is 11.6 Å². The summed E-state index contributed by atoms with van der Waals surface area (Å²) < 4.78 is 12.9. The molecule has 0 heterocycles. The molecule has 0 aliphatic heterocycles. The van der Waals surface area contributed by atoms with Gasteiger partial charge in [0.2, 0.25) is 0 Å². The van der Waals surface area contributed by atoms with Crippen molar-refractivity contribution in [1.82, 2.24) is 0 Å². The number of hydrogen-bond donors (Lipinski definition) is 0. The first-order chi connectivity index (χ1) is 7.24. The average molecular weight is 220 g/mol. The lowest BCUT2D eigenvalue weighted by Gasteiger charge is -2.01. The van der Waals surface area contributed by atoms with Crippen LogP contribution in [0.1, 0.15) is 11.1 Å². The minimum atomic E-state index is -0.224. The molecule has 0 aromatic heterocycles. The van der Waals surface area contributed by atoms with Crippen LogP contribution in [0, 0.1) is 11.9 Å². The normalized spacial score (nSPS) is 10.3. The summed E-state index contributed by atoms with van der Waals surface area (Å²) in [5, 5.41) is 0.710. The van der Waals surface area contributed by atoms with E-state index in [1.54, 1.807) is 6.07 Å². The van der Waals surface area contributed by atoms with Gasteiger partial charge in [-0.3, -0.25) is 0 Å². The SMILES string of the molecule is Fc1cc[c]c(Cc2ccc(Cl)cc2)c1. The number of benzene rings is 2. The zero-order chi connectivity index (χ0) is 10.7. The van der Waals surface area contributed by atoms with Gasteiger partial charge in [-0.15, -0.1) is 0 Å². The van der Waals surface area contributed by atoms with Gasteiger partial charge in [-0.25, -0.2) is 4.39 Å². The Bertz CT molecular complexity index is 448. The lowest BCUT2D eigenvalue weighted by atomic mass is 10.1. The van der Waals surface area contributed by atoms with Crippen LogP contribution in [0.4, 0.5) is 4.39 Å². The summed E-state index contributed by atoms with van der Waals surface area (Å²) in [5.74, 6) is -0.224. The number of hydrogen-bond acceptors (Lipinski definition) is 0. The third-order valence-electron chi connectivity index (χ3n) is 2.13. The molecule has 0 nitrogen and oxygen atoms in total. The Morgan fingerprint density at radius 2 is 1.87 bits per heavy atom. The molecule has 0 spiro atoms. The van der Waals surface area contributed by atoms with E-state index < -0.39 is 0 Å². The zero-order valence-electron chi connectivity index (χ0n) is 8.00. The molecule has 15 heavy (non-hydrogen) atoms. The third-order valence-corrected chi connectivity index (χ3v) is 2.38. The van der Waals surface area contributed by atoms with Crippen molar-refractivity contribution in [3.63, 3.8) is 0 Å². The highest BCUT2D eigenvalue weighted by Gasteiger charge is 1.98. The third kappa shape index (κ3) is 2.80. The second-order valence-corrected chi connectivity index (χ2v) is 3.77. The Morgan fingerprint density at radius 3 is 2.53 bits per heavy atom. The summed E-state index contributed by atoms with van der Waals surface area (Å²) in [6.45, 7) is 0. The van der Waals surface area contributed by atoms with Crippen molar-refractivity contribution in [2.75, 3.05) is 0 Å². The van der Waals surface area contributed by atoms with Gasteiger partial charge in [0.05, 0.1) is 0 Å². The molecule has 75 valence electrons. The fraction of sp³-hybridized carbons (Fsp3) is 0.0769. The van der Waals surface area contributed by atoms with Crippen LogP contribution in [0.2, 0.25) is 5.02 Å². The summed E-state index contributed by atoms with van der Waals surface area (Å²) in [7, 11) is 0. The van der Waals surface area contributed by atoms with Crippen molar-refractivity contribution in [3.05, 3.63) is 70.5 Å². The minimum Gasteiger partial charge on any atom is -0.207 e. The Hall–Kier alpha value is -1.34. The molecule has 2 heteroatoms. The zero-order valence-corrected chi connectivity index (χ0v) is 8.76. The van der Waals surface area contributed by atoms with Crippen molar-refractivity contribution in [2.45, 2.75) is 6.42 Å². The van der Waals surface area contributed by atoms with E-state index in [0.717, 1.165) is 11.1 Å². The van der Waals surface area contributed by atoms with Gasteiger partial charge in [-0.2, -0.15) is 0 Å². The highest BCUT2D eigenvalue weighted by Crippen LogP contribution is 2.13. The molecule has 0 saturated carbocycles. The van der Waals surface area contributed by atoms with Gasteiger partial charge < -0.3 is 0 Å². The van der Waals surface area contributed by atoms with Gasteiger partial charge in [0.15, 0.2) is 0 Å². The standard InChI is InChI=1S/C13H9ClF/c14-12-6-4-10(5-7-12)8-11-2-1-3-13(15)9-11/h1,3-7,9H,8H2. The fourth-order valence-electron chi connectivity index (χ4n) is 1.41. The second kappa shape index (κ2) is 4.45. The quantitative estimate of drug-likeness (QED) is 0.719. The van der Waals surface area contributed by atoms with Crippen molar-refractivity contribution in [1.29, 1.82) is 0 Å². The van der Waals surface area contributed by atoms with E-state index >= 15 is 0 Å². The number of halogens is 2. The van der Waals surface area contributed by atoms with Crippen molar-refractivity contribution < 1.29 is 4.39 Å². The number of rotatable bonds is 2. The Balaban J connectivity index is 2.18. The summed E-state index contributed by atoms with van der Waals surface area (Å²) >= 11 is 5.77. The summed E-state index contributed by atoms with van der Waals surface area (Å²) in [6, 6.07) is 15.0. The van der Waals surface area contributed by atoms with E-state index in [2.05, 4.69) is 6.07 Å².